The molecule has 4 aliphatic rings. The van der Waals surface area contributed by atoms with E-state index in [0.29, 0.717) is 35.0 Å². The molecule has 9 atom stereocenters. The van der Waals surface area contributed by atoms with Crippen molar-refractivity contribution in [2.45, 2.75) is 104 Å². The number of aliphatic hydroxyl groups excluding tert-OH is 1. The maximum Gasteiger partial charge on any atom is 0.305 e. The molecule has 0 bridgehead atoms. The normalized spacial score (nSPS) is 44.1. The van der Waals surface area contributed by atoms with Crippen LogP contribution in [0.25, 0.3) is 0 Å². The van der Waals surface area contributed by atoms with E-state index >= 15 is 0 Å². The number of carbonyl (C=O) groups excluding carboxylic acids is 1. The molecule has 5 heteroatoms. The van der Waals surface area contributed by atoms with Crippen LogP contribution in [0.4, 0.5) is 0 Å². The Labute approximate surface area is 194 Å². The Kier molecular flexibility index (Phi) is 6.96. The fraction of sp³-hybridized carbons (Fsp3) is 0.926. The number of carboxylic acids is 1. The van der Waals surface area contributed by atoms with E-state index in [0.717, 1.165) is 37.0 Å². The van der Waals surface area contributed by atoms with Crippen LogP contribution >= 0.6 is 0 Å². The number of carbonyl (C=O) groups is 2. The predicted molar refractivity (Wildman–Crippen MR) is 125 cm³/mol. The molecule has 4 rings (SSSR count). The molecule has 0 spiro atoms. The van der Waals surface area contributed by atoms with Crippen molar-refractivity contribution in [1.82, 2.24) is 5.32 Å². The van der Waals surface area contributed by atoms with Crippen LogP contribution in [0.15, 0.2) is 0 Å². The quantitative estimate of drug-likeness (QED) is 0.512. The summed E-state index contributed by atoms with van der Waals surface area (Å²) in [6.45, 7) is 7.69. The van der Waals surface area contributed by atoms with Crippen LogP contribution in [0.2, 0.25) is 0 Å². The van der Waals surface area contributed by atoms with E-state index in [1.54, 1.807) is 0 Å². The van der Waals surface area contributed by atoms with Crippen LogP contribution in [-0.4, -0.2) is 34.7 Å². The summed E-state index contributed by atoms with van der Waals surface area (Å²) >= 11 is 0. The Morgan fingerprint density at radius 1 is 0.969 bits per heavy atom. The summed E-state index contributed by atoms with van der Waals surface area (Å²) in [4.78, 5) is 22.8. The van der Waals surface area contributed by atoms with Gasteiger partial charge in [0, 0.05) is 13.0 Å². The van der Waals surface area contributed by atoms with E-state index in [1.807, 2.05) is 0 Å². The molecule has 32 heavy (non-hydrogen) atoms. The van der Waals surface area contributed by atoms with Crippen LogP contribution in [0.5, 0.6) is 0 Å². The van der Waals surface area contributed by atoms with Crippen molar-refractivity contribution in [3.05, 3.63) is 0 Å². The highest BCUT2D eigenvalue weighted by atomic mass is 16.4. The largest absolute Gasteiger partial charge is 0.481 e. The van der Waals surface area contributed by atoms with E-state index < -0.39 is 5.97 Å². The van der Waals surface area contributed by atoms with E-state index in [-0.39, 0.29) is 25.0 Å². The number of hydrogen-bond donors (Lipinski definition) is 3. The third-order valence-electron chi connectivity index (χ3n) is 10.9. The van der Waals surface area contributed by atoms with E-state index in [2.05, 4.69) is 26.1 Å². The minimum absolute atomic E-state index is 0.00718. The Morgan fingerprint density at radius 3 is 2.44 bits per heavy atom. The van der Waals surface area contributed by atoms with Gasteiger partial charge in [-0.15, -0.1) is 0 Å². The molecule has 0 aromatic carbocycles. The second-order valence-corrected chi connectivity index (χ2v) is 12.3. The SMILES string of the molecule is CC(CCC(=O)NCCC(=O)O)C1CCC2C3CCC4CC(O)CCC4(C)C3CCC12C. The number of aliphatic hydroxyl groups is 1. The lowest BCUT2D eigenvalue weighted by Gasteiger charge is -2.61. The molecule has 4 fully saturated rings. The maximum atomic E-state index is 12.2. The van der Waals surface area contributed by atoms with Crippen LogP contribution < -0.4 is 5.32 Å². The molecule has 0 aliphatic heterocycles. The predicted octanol–water partition coefficient (Wildman–Crippen LogP) is 5.01. The first kappa shape index (κ1) is 24.0. The Hall–Kier alpha value is -1.10. The number of nitrogens with one attached hydrogen (secondary N) is 1. The van der Waals surface area contributed by atoms with Gasteiger partial charge in [0.05, 0.1) is 12.5 Å². The number of rotatable bonds is 7. The molecular weight excluding hydrogens is 402 g/mol. The van der Waals surface area contributed by atoms with Crippen molar-refractivity contribution in [3.8, 4) is 0 Å². The molecular formula is C27H45NO4. The van der Waals surface area contributed by atoms with E-state index in [9.17, 15) is 14.7 Å². The molecule has 0 aromatic heterocycles. The van der Waals surface area contributed by atoms with Gasteiger partial charge in [-0.25, -0.2) is 0 Å². The molecule has 4 aliphatic carbocycles. The van der Waals surface area contributed by atoms with Crippen LogP contribution in [0, 0.1) is 46.3 Å². The molecule has 0 aromatic rings. The standard InChI is InChI=1S/C27H45NO4/c1-17(4-9-24(30)28-15-12-25(31)32)21-7-8-22-20-6-5-18-16-19(29)10-13-26(18,2)23(20)11-14-27(21,22)3/h17-23,29H,4-16H2,1-3H3,(H,28,30)(H,31,32). The van der Waals surface area contributed by atoms with Crippen molar-refractivity contribution in [3.63, 3.8) is 0 Å². The number of fused-ring (bicyclic) bond motifs is 5. The van der Waals surface area contributed by atoms with Crippen LogP contribution in [0.3, 0.4) is 0 Å². The van der Waals surface area contributed by atoms with Gasteiger partial charge in [-0.05, 0) is 111 Å². The molecule has 0 saturated heterocycles. The fourth-order valence-electron chi connectivity index (χ4n) is 9.17. The van der Waals surface area contributed by atoms with Gasteiger partial charge in [-0.1, -0.05) is 20.8 Å². The molecule has 4 saturated carbocycles. The van der Waals surface area contributed by atoms with Crippen molar-refractivity contribution in [2.75, 3.05) is 6.54 Å². The first-order valence-electron chi connectivity index (χ1n) is 13.3. The smallest absolute Gasteiger partial charge is 0.305 e. The van der Waals surface area contributed by atoms with Gasteiger partial charge in [0.1, 0.15) is 0 Å². The Balaban J connectivity index is 1.36. The highest BCUT2D eigenvalue weighted by Gasteiger charge is 2.60. The van der Waals surface area contributed by atoms with E-state index in [1.165, 1.54) is 44.9 Å². The summed E-state index contributed by atoms with van der Waals surface area (Å²) in [6, 6.07) is 0. The van der Waals surface area contributed by atoms with Gasteiger partial charge in [-0.2, -0.15) is 0 Å². The maximum absolute atomic E-state index is 12.2. The van der Waals surface area contributed by atoms with Gasteiger partial charge in [0.15, 0.2) is 0 Å². The minimum Gasteiger partial charge on any atom is -0.481 e. The summed E-state index contributed by atoms with van der Waals surface area (Å²) < 4.78 is 0. The molecule has 1 amide bonds. The average Bonchev–Trinajstić information content (AvgIpc) is 3.09. The van der Waals surface area contributed by atoms with Crippen molar-refractivity contribution >= 4 is 11.9 Å². The van der Waals surface area contributed by atoms with Gasteiger partial charge in [-0.3, -0.25) is 9.59 Å². The highest BCUT2D eigenvalue weighted by molar-refractivity contribution is 5.76. The topological polar surface area (TPSA) is 86.6 Å². The molecule has 9 unspecified atom stereocenters. The summed E-state index contributed by atoms with van der Waals surface area (Å²) in [7, 11) is 0. The third-order valence-corrected chi connectivity index (χ3v) is 10.9. The number of hydrogen-bond acceptors (Lipinski definition) is 3. The zero-order chi connectivity index (χ0) is 23.1. The highest BCUT2D eigenvalue weighted by Crippen LogP contribution is 2.68. The summed E-state index contributed by atoms with van der Waals surface area (Å²) in [6.07, 6.45) is 12.5. The number of amides is 1. The monoisotopic (exact) mass is 447 g/mol. The molecule has 3 N–H and O–H groups in total. The molecule has 0 heterocycles. The van der Waals surface area contributed by atoms with Crippen molar-refractivity contribution in [2.24, 2.45) is 46.3 Å². The lowest BCUT2D eigenvalue weighted by atomic mass is 9.44. The molecule has 0 radical (unpaired) electrons. The first-order chi connectivity index (χ1) is 15.1. The number of aliphatic carboxylic acids is 1. The molecule has 5 nitrogen and oxygen atoms in total. The van der Waals surface area contributed by atoms with Gasteiger partial charge < -0.3 is 15.5 Å². The molecule has 182 valence electrons. The summed E-state index contributed by atoms with van der Waals surface area (Å²) in [5, 5.41) is 21.7. The summed E-state index contributed by atoms with van der Waals surface area (Å²) in [5.41, 5.74) is 0.832. The van der Waals surface area contributed by atoms with Gasteiger partial charge >= 0.3 is 5.97 Å². The summed E-state index contributed by atoms with van der Waals surface area (Å²) in [5.74, 6) is 3.57. The lowest BCUT2D eigenvalue weighted by molar-refractivity contribution is -0.136. The fourth-order valence-corrected chi connectivity index (χ4v) is 9.17. The lowest BCUT2D eigenvalue weighted by Crippen LogP contribution is -2.54. The van der Waals surface area contributed by atoms with Crippen molar-refractivity contribution in [1.29, 1.82) is 0 Å². The van der Waals surface area contributed by atoms with Crippen LogP contribution in [-0.2, 0) is 9.59 Å². The Bertz CT molecular complexity index is 710. The zero-order valence-corrected chi connectivity index (χ0v) is 20.4. The first-order valence-corrected chi connectivity index (χ1v) is 13.3. The van der Waals surface area contributed by atoms with Gasteiger partial charge in [0.2, 0.25) is 5.91 Å². The van der Waals surface area contributed by atoms with Gasteiger partial charge in [0.25, 0.3) is 0 Å². The average molecular weight is 448 g/mol. The minimum atomic E-state index is -0.869. The number of carboxylic acid groups (broad SMARTS) is 1. The third kappa shape index (κ3) is 4.35. The second kappa shape index (κ2) is 9.27. The zero-order valence-electron chi connectivity index (χ0n) is 20.4. The second-order valence-electron chi connectivity index (χ2n) is 12.3. The van der Waals surface area contributed by atoms with E-state index in [4.69, 9.17) is 5.11 Å². The van der Waals surface area contributed by atoms with Crippen molar-refractivity contribution < 1.29 is 19.8 Å². The van der Waals surface area contributed by atoms with Crippen LogP contribution in [0.1, 0.15) is 97.8 Å². The Morgan fingerprint density at radius 2 is 1.69 bits per heavy atom.